The van der Waals surface area contributed by atoms with Crippen LogP contribution in [0.3, 0.4) is 0 Å². The molecule has 0 aliphatic carbocycles. The molecule has 0 spiro atoms. The van der Waals surface area contributed by atoms with Gasteiger partial charge in [0.25, 0.3) is 6.71 Å². The summed E-state index contributed by atoms with van der Waals surface area (Å²) in [5, 5.41) is 2.19. The molecular formula is C54H43BN2O4. The standard InChI is InChI=1S/C54H43BN2O4/c1-33-26-45-53-46(27-33)57(40-20-23-49-52(32-40)59-25-9-24-58-49)44-22-17-38(54(2,3)4)31-42(44)55(53)41-28-37(51-30-36-11-6-8-13-48(36)61-51)16-21-43(41)56(45)39-18-14-34(15-19-39)50-29-35-10-5-7-12-47(35)60-50/h5-8,10-23,26-32H,9,24-25H2,1-4H3. The zero-order valence-electron chi connectivity index (χ0n) is 34.7. The minimum atomic E-state index is -0.0649. The number of hydrogen-bond donors (Lipinski definition) is 0. The predicted molar refractivity (Wildman–Crippen MR) is 250 cm³/mol. The maximum Gasteiger partial charge on any atom is 0.252 e. The molecule has 0 saturated carbocycles. The van der Waals surface area contributed by atoms with Gasteiger partial charge in [-0.2, -0.15) is 0 Å². The smallest absolute Gasteiger partial charge is 0.252 e. The summed E-state index contributed by atoms with van der Waals surface area (Å²) in [6.07, 6.45) is 0.851. The summed E-state index contributed by atoms with van der Waals surface area (Å²) >= 11 is 0. The molecule has 0 fully saturated rings. The summed E-state index contributed by atoms with van der Waals surface area (Å²) in [4.78, 5) is 4.89. The van der Waals surface area contributed by atoms with Crippen LogP contribution in [0.15, 0.2) is 160 Å². The van der Waals surface area contributed by atoms with Gasteiger partial charge < -0.3 is 28.1 Å². The topological polar surface area (TPSA) is 51.2 Å². The van der Waals surface area contributed by atoms with E-state index in [1.807, 2.05) is 30.3 Å². The van der Waals surface area contributed by atoms with Gasteiger partial charge in [0.1, 0.15) is 22.7 Å². The normalized spacial score (nSPS) is 14.2. The van der Waals surface area contributed by atoms with Crippen molar-refractivity contribution in [2.75, 3.05) is 23.0 Å². The highest BCUT2D eigenvalue weighted by molar-refractivity contribution is 7.00. The van der Waals surface area contributed by atoms with Crippen molar-refractivity contribution >= 4 is 79.2 Å². The number of para-hydroxylation sites is 2. The summed E-state index contributed by atoms with van der Waals surface area (Å²) < 4.78 is 25.3. The maximum atomic E-state index is 6.54. The van der Waals surface area contributed by atoms with E-state index >= 15 is 0 Å². The van der Waals surface area contributed by atoms with E-state index in [1.165, 1.54) is 27.5 Å². The average molecular weight is 795 g/mol. The van der Waals surface area contributed by atoms with Gasteiger partial charge in [0.2, 0.25) is 0 Å². The van der Waals surface area contributed by atoms with Gasteiger partial charge in [-0.1, -0.05) is 75.4 Å². The van der Waals surface area contributed by atoms with Crippen LogP contribution in [0, 0.1) is 6.92 Å². The predicted octanol–water partition coefficient (Wildman–Crippen LogP) is 12.4. The molecule has 3 aliphatic rings. The number of fused-ring (bicyclic) bond motifs is 7. The van der Waals surface area contributed by atoms with Gasteiger partial charge in [-0.25, -0.2) is 0 Å². The molecule has 0 N–H and O–H groups in total. The third-order valence-corrected chi connectivity index (χ3v) is 12.6. The molecule has 0 bridgehead atoms. The van der Waals surface area contributed by atoms with Crippen molar-refractivity contribution in [1.82, 2.24) is 0 Å². The number of aryl methyl sites for hydroxylation is 1. The second kappa shape index (κ2) is 13.4. The van der Waals surface area contributed by atoms with Crippen molar-refractivity contribution in [3.63, 3.8) is 0 Å². The van der Waals surface area contributed by atoms with Crippen molar-refractivity contribution in [3.8, 4) is 34.1 Å². The largest absolute Gasteiger partial charge is 0.490 e. The summed E-state index contributed by atoms with van der Waals surface area (Å²) in [5.74, 6) is 3.27. The highest BCUT2D eigenvalue weighted by Gasteiger charge is 2.44. The number of ether oxygens (including phenoxy) is 2. The number of benzene rings is 7. The number of nitrogens with zero attached hydrogens (tertiary/aromatic N) is 2. The highest BCUT2D eigenvalue weighted by Crippen LogP contribution is 2.47. The molecule has 7 heteroatoms. The Kier molecular flexibility index (Phi) is 7.89. The van der Waals surface area contributed by atoms with E-state index in [9.17, 15) is 0 Å². The average Bonchev–Trinajstić information content (AvgIpc) is 3.84. The Balaban J connectivity index is 1.10. The van der Waals surface area contributed by atoms with E-state index in [0.29, 0.717) is 13.2 Å². The molecule has 0 amide bonds. The summed E-state index contributed by atoms with van der Waals surface area (Å²) in [6.45, 7) is 10.3. The van der Waals surface area contributed by atoms with Crippen LogP contribution in [0.2, 0.25) is 0 Å². The molecule has 12 rings (SSSR count). The molecule has 0 atom stereocenters. The lowest BCUT2D eigenvalue weighted by atomic mass is 9.33. The van der Waals surface area contributed by atoms with E-state index < -0.39 is 0 Å². The van der Waals surface area contributed by atoms with Crippen molar-refractivity contribution in [3.05, 3.63) is 163 Å². The zero-order chi connectivity index (χ0) is 41.0. The first-order valence-electron chi connectivity index (χ1n) is 21.3. The molecule has 0 radical (unpaired) electrons. The van der Waals surface area contributed by atoms with Crippen LogP contribution in [-0.2, 0) is 5.41 Å². The lowest BCUT2D eigenvalue weighted by molar-refractivity contribution is 0.297. The molecule has 61 heavy (non-hydrogen) atoms. The van der Waals surface area contributed by atoms with E-state index in [-0.39, 0.29) is 12.1 Å². The van der Waals surface area contributed by atoms with Crippen molar-refractivity contribution in [1.29, 1.82) is 0 Å². The van der Waals surface area contributed by atoms with Gasteiger partial charge in [-0.15, -0.1) is 0 Å². The Bertz CT molecular complexity index is 3140. The zero-order valence-corrected chi connectivity index (χ0v) is 34.7. The van der Waals surface area contributed by atoms with Gasteiger partial charge in [-0.05, 0) is 131 Å². The highest BCUT2D eigenvalue weighted by atomic mass is 16.5. The fourth-order valence-corrected chi connectivity index (χ4v) is 9.63. The maximum absolute atomic E-state index is 6.54. The molecule has 296 valence electrons. The Labute approximate surface area is 355 Å². The molecule has 0 unspecified atom stereocenters. The van der Waals surface area contributed by atoms with Crippen molar-refractivity contribution in [2.24, 2.45) is 0 Å². The minimum absolute atomic E-state index is 0.0628. The van der Waals surface area contributed by atoms with Crippen LogP contribution in [0.4, 0.5) is 34.1 Å². The lowest BCUT2D eigenvalue weighted by Crippen LogP contribution is -2.61. The third-order valence-electron chi connectivity index (χ3n) is 12.6. The molecule has 2 aromatic heterocycles. The first-order valence-corrected chi connectivity index (χ1v) is 21.3. The Morgan fingerprint density at radius 2 is 1.08 bits per heavy atom. The summed E-state index contributed by atoms with van der Waals surface area (Å²) in [7, 11) is 0. The number of hydrogen-bond acceptors (Lipinski definition) is 6. The van der Waals surface area contributed by atoms with Crippen molar-refractivity contribution in [2.45, 2.75) is 39.5 Å². The van der Waals surface area contributed by atoms with Gasteiger partial charge in [-0.3, -0.25) is 0 Å². The van der Waals surface area contributed by atoms with Gasteiger partial charge in [0.05, 0.1) is 18.9 Å². The second-order valence-electron chi connectivity index (χ2n) is 17.6. The molecule has 7 aromatic carbocycles. The molecule has 3 aliphatic heterocycles. The van der Waals surface area contributed by atoms with Crippen LogP contribution in [-0.4, -0.2) is 19.9 Å². The summed E-state index contributed by atoms with van der Waals surface area (Å²) in [6, 6.07) is 54.6. The van der Waals surface area contributed by atoms with E-state index in [1.54, 1.807) is 0 Å². The number of furan rings is 2. The second-order valence-corrected chi connectivity index (χ2v) is 17.6. The van der Waals surface area contributed by atoms with Crippen molar-refractivity contribution < 1.29 is 18.3 Å². The SMILES string of the molecule is Cc1cc2c3c(c1)N(c1ccc4c(c1)OCCCO4)c1ccc(C(C)(C)C)cc1B3c1cc(-c3cc4ccccc4o3)ccc1N2c1ccc(-c2cc3ccccc3o2)cc1. The van der Waals surface area contributed by atoms with E-state index in [0.717, 1.165) is 96.6 Å². The van der Waals surface area contributed by atoms with Gasteiger partial charge >= 0.3 is 0 Å². The third kappa shape index (κ3) is 5.78. The molecular weight excluding hydrogens is 751 g/mol. The fraction of sp³-hybridized carbons (Fsp3) is 0.148. The molecule has 6 nitrogen and oxygen atoms in total. The number of rotatable bonds is 4. The minimum Gasteiger partial charge on any atom is -0.490 e. The van der Waals surface area contributed by atoms with Gasteiger partial charge in [0, 0.05) is 62.8 Å². The number of anilines is 6. The van der Waals surface area contributed by atoms with E-state index in [4.69, 9.17) is 18.3 Å². The van der Waals surface area contributed by atoms with Gasteiger partial charge in [0.15, 0.2) is 11.5 Å². The Morgan fingerprint density at radius 3 is 1.75 bits per heavy atom. The Morgan fingerprint density at radius 1 is 0.508 bits per heavy atom. The first kappa shape index (κ1) is 35.8. The van der Waals surface area contributed by atoms with E-state index in [2.05, 4.69) is 159 Å². The van der Waals surface area contributed by atoms with Crippen LogP contribution in [0.25, 0.3) is 44.6 Å². The monoisotopic (exact) mass is 794 g/mol. The summed E-state index contributed by atoms with van der Waals surface area (Å²) in [5.41, 5.74) is 16.7. The Hall–Kier alpha value is -7.12. The molecule has 5 heterocycles. The molecule has 0 saturated heterocycles. The fourth-order valence-electron chi connectivity index (χ4n) is 9.63. The lowest BCUT2D eigenvalue weighted by Gasteiger charge is -2.45. The molecule has 9 aromatic rings. The quantitative estimate of drug-likeness (QED) is 0.165. The van der Waals surface area contributed by atoms with Crippen LogP contribution in [0.1, 0.15) is 38.3 Å². The van der Waals surface area contributed by atoms with Crippen LogP contribution < -0.4 is 35.7 Å². The van der Waals surface area contributed by atoms with Crippen LogP contribution in [0.5, 0.6) is 11.5 Å². The van der Waals surface area contributed by atoms with Crippen LogP contribution >= 0.6 is 0 Å². The first-order chi connectivity index (χ1) is 29.7.